The lowest BCUT2D eigenvalue weighted by Gasteiger charge is -2.10. The van der Waals surface area contributed by atoms with Gasteiger partial charge in [0.2, 0.25) is 0 Å². The number of rotatable bonds is 5. The smallest absolute Gasteiger partial charge is 0.253 e. The van der Waals surface area contributed by atoms with Crippen LogP contribution in [-0.2, 0) is 6.54 Å². The lowest BCUT2D eigenvalue weighted by atomic mass is 10.2. The van der Waals surface area contributed by atoms with Gasteiger partial charge in [-0.1, -0.05) is 35.9 Å². The van der Waals surface area contributed by atoms with Crippen molar-refractivity contribution < 1.29 is 9.53 Å². The van der Waals surface area contributed by atoms with Crippen LogP contribution in [-0.4, -0.2) is 10.9 Å². The quantitative estimate of drug-likeness (QED) is 0.719. The van der Waals surface area contributed by atoms with E-state index < -0.39 is 0 Å². The van der Waals surface area contributed by atoms with Crippen LogP contribution < -0.4 is 10.1 Å². The Balaban J connectivity index is 1.64. The van der Waals surface area contributed by atoms with Crippen LogP contribution in [0.3, 0.4) is 0 Å². The highest BCUT2D eigenvalue weighted by Crippen LogP contribution is 2.29. The first kappa shape index (κ1) is 17.0. The molecule has 0 aliphatic carbocycles. The van der Waals surface area contributed by atoms with Gasteiger partial charge in [0.25, 0.3) is 5.91 Å². The van der Waals surface area contributed by atoms with E-state index in [9.17, 15) is 4.79 Å². The minimum absolute atomic E-state index is 0.162. The Morgan fingerprint density at radius 2 is 1.96 bits per heavy atom. The molecule has 0 bridgehead atoms. The van der Waals surface area contributed by atoms with Crippen molar-refractivity contribution in [2.75, 3.05) is 0 Å². The zero-order chi connectivity index (χ0) is 17.6. The van der Waals surface area contributed by atoms with E-state index in [1.165, 1.54) is 0 Å². The van der Waals surface area contributed by atoms with Crippen molar-refractivity contribution >= 4 is 17.5 Å². The summed E-state index contributed by atoms with van der Waals surface area (Å²) in [5, 5.41) is 3.43. The van der Waals surface area contributed by atoms with Crippen molar-refractivity contribution in [3.8, 4) is 11.5 Å². The lowest BCUT2D eigenvalue weighted by Crippen LogP contribution is -2.22. The van der Waals surface area contributed by atoms with Gasteiger partial charge < -0.3 is 10.1 Å². The molecule has 3 rings (SSSR count). The van der Waals surface area contributed by atoms with Crippen molar-refractivity contribution in [2.24, 2.45) is 0 Å². The van der Waals surface area contributed by atoms with Gasteiger partial charge in [-0.2, -0.15) is 0 Å². The average Bonchev–Trinajstić information content (AvgIpc) is 2.63. The molecule has 1 aromatic heterocycles. The third-order valence-corrected chi connectivity index (χ3v) is 3.90. The molecule has 0 saturated heterocycles. The molecule has 126 valence electrons. The zero-order valence-corrected chi connectivity index (χ0v) is 14.5. The Labute approximate surface area is 151 Å². The number of pyridine rings is 1. The predicted octanol–water partition coefficient (Wildman–Crippen LogP) is 4.77. The molecule has 3 aromatic rings. The molecule has 1 N–H and O–H groups in total. The molecule has 0 unspecified atom stereocenters. The first-order chi connectivity index (χ1) is 12.1. The third kappa shape index (κ3) is 4.58. The molecule has 0 aliphatic rings. The van der Waals surface area contributed by atoms with Crippen LogP contribution in [0.25, 0.3) is 0 Å². The van der Waals surface area contributed by atoms with Crippen molar-refractivity contribution in [1.82, 2.24) is 10.3 Å². The van der Waals surface area contributed by atoms with Crippen LogP contribution >= 0.6 is 11.6 Å². The summed E-state index contributed by atoms with van der Waals surface area (Å²) in [6.07, 6.45) is 1.57. The second-order valence-corrected chi connectivity index (χ2v) is 5.96. The molecule has 25 heavy (non-hydrogen) atoms. The van der Waals surface area contributed by atoms with Crippen LogP contribution in [0.15, 0.2) is 66.9 Å². The molecular formula is C20H17ClN2O2. The molecule has 1 amide bonds. The molecule has 0 spiro atoms. The lowest BCUT2D eigenvalue weighted by molar-refractivity contribution is 0.0950. The molecule has 0 aliphatic heterocycles. The topological polar surface area (TPSA) is 51.2 Å². The molecule has 4 nitrogen and oxygen atoms in total. The van der Waals surface area contributed by atoms with Crippen LogP contribution in [0.5, 0.6) is 11.5 Å². The maximum Gasteiger partial charge on any atom is 0.253 e. The van der Waals surface area contributed by atoms with Gasteiger partial charge in [0.15, 0.2) is 0 Å². The van der Waals surface area contributed by atoms with E-state index >= 15 is 0 Å². The van der Waals surface area contributed by atoms with Crippen LogP contribution in [0.4, 0.5) is 0 Å². The number of ether oxygens (including phenoxy) is 1. The number of benzene rings is 2. The average molecular weight is 353 g/mol. The Hall–Kier alpha value is -2.85. The summed E-state index contributed by atoms with van der Waals surface area (Å²) >= 11 is 6.11. The fourth-order valence-electron chi connectivity index (χ4n) is 2.26. The first-order valence-electron chi connectivity index (χ1n) is 7.84. The molecule has 0 saturated carbocycles. The zero-order valence-electron chi connectivity index (χ0n) is 13.7. The van der Waals surface area contributed by atoms with Gasteiger partial charge in [-0.15, -0.1) is 0 Å². The number of aryl methyl sites for hydroxylation is 1. The number of halogens is 1. The normalized spacial score (nSPS) is 10.3. The van der Waals surface area contributed by atoms with Gasteiger partial charge in [-0.25, -0.2) is 0 Å². The molecule has 0 atom stereocenters. The number of amides is 1. The Morgan fingerprint density at radius 1 is 1.12 bits per heavy atom. The van der Waals surface area contributed by atoms with Gasteiger partial charge in [0.1, 0.15) is 11.5 Å². The highest BCUT2D eigenvalue weighted by Gasteiger charge is 2.07. The maximum atomic E-state index is 12.2. The summed E-state index contributed by atoms with van der Waals surface area (Å²) in [5.41, 5.74) is 2.34. The molecule has 1 heterocycles. The summed E-state index contributed by atoms with van der Waals surface area (Å²) in [4.78, 5) is 16.3. The van der Waals surface area contributed by atoms with E-state index in [4.69, 9.17) is 16.3 Å². The van der Waals surface area contributed by atoms with E-state index in [-0.39, 0.29) is 5.91 Å². The highest BCUT2D eigenvalue weighted by atomic mass is 35.5. The van der Waals surface area contributed by atoms with Crippen molar-refractivity contribution in [3.63, 3.8) is 0 Å². The monoisotopic (exact) mass is 352 g/mol. The van der Waals surface area contributed by atoms with Gasteiger partial charge in [0.05, 0.1) is 10.6 Å². The van der Waals surface area contributed by atoms with Crippen molar-refractivity contribution in [2.45, 2.75) is 13.5 Å². The van der Waals surface area contributed by atoms with Gasteiger partial charge in [-0.3, -0.25) is 9.78 Å². The standard InChI is InChI=1S/C20H17ClN2O2/c1-14-9-10-16(13-22-14)20(24)23-12-15-5-4-6-17(11-15)25-19-8-3-2-7-18(19)21/h2-11,13H,12H2,1H3,(H,23,24). The van der Waals surface area contributed by atoms with Gasteiger partial charge in [0, 0.05) is 18.4 Å². The molecule has 0 fully saturated rings. The molecule has 0 radical (unpaired) electrons. The predicted molar refractivity (Wildman–Crippen MR) is 98.1 cm³/mol. The Kier molecular flexibility index (Phi) is 5.31. The fraction of sp³-hybridized carbons (Fsp3) is 0.100. The molecule has 2 aromatic carbocycles. The van der Waals surface area contributed by atoms with Crippen LogP contribution in [0, 0.1) is 6.92 Å². The van der Waals surface area contributed by atoms with Gasteiger partial charge >= 0.3 is 0 Å². The summed E-state index contributed by atoms with van der Waals surface area (Å²) in [7, 11) is 0. The summed E-state index contributed by atoms with van der Waals surface area (Å²) in [6, 6.07) is 18.4. The minimum Gasteiger partial charge on any atom is -0.456 e. The number of hydrogen-bond donors (Lipinski definition) is 1. The van der Waals surface area contributed by atoms with Crippen molar-refractivity contribution in [1.29, 1.82) is 0 Å². The number of hydrogen-bond acceptors (Lipinski definition) is 3. The van der Waals surface area contributed by atoms with E-state index in [1.807, 2.05) is 49.4 Å². The number of aromatic nitrogens is 1. The van der Waals surface area contributed by atoms with Crippen molar-refractivity contribution in [3.05, 3.63) is 88.7 Å². The number of nitrogens with one attached hydrogen (secondary N) is 1. The summed E-state index contributed by atoms with van der Waals surface area (Å²) in [5.74, 6) is 1.10. The molecule has 5 heteroatoms. The van der Waals surface area contributed by atoms with E-state index in [0.717, 1.165) is 11.3 Å². The Morgan fingerprint density at radius 3 is 2.72 bits per heavy atom. The fourth-order valence-corrected chi connectivity index (χ4v) is 2.43. The van der Waals surface area contributed by atoms with Crippen LogP contribution in [0.2, 0.25) is 5.02 Å². The molecular weight excluding hydrogens is 336 g/mol. The number of nitrogens with zero attached hydrogens (tertiary/aromatic N) is 1. The first-order valence-corrected chi connectivity index (χ1v) is 8.22. The second kappa shape index (κ2) is 7.81. The van der Waals surface area contributed by atoms with E-state index in [0.29, 0.717) is 28.6 Å². The number of carbonyl (C=O) groups is 1. The maximum absolute atomic E-state index is 12.2. The highest BCUT2D eigenvalue weighted by molar-refractivity contribution is 6.32. The SMILES string of the molecule is Cc1ccc(C(=O)NCc2cccc(Oc3ccccc3Cl)c2)cn1. The summed E-state index contributed by atoms with van der Waals surface area (Å²) in [6.45, 7) is 2.28. The Bertz CT molecular complexity index is 879. The number of carbonyl (C=O) groups excluding carboxylic acids is 1. The van der Waals surface area contributed by atoms with Crippen LogP contribution in [0.1, 0.15) is 21.6 Å². The second-order valence-electron chi connectivity index (χ2n) is 5.55. The van der Waals surface area contributed by atoms with E-state index in [1.54, 1.807) is 24.4 Å². The largest absolute Gasteiger partial charge is 0.456 e. The summed E-state index contributed by atoms with van der Waals surface area (Å²) < 4.78 is 5.80. The third-order valence-electron chi connectivity index (χ3n) is 3.59. The van der Waals surface area contributed by atoms with E-state index in [2.05, 4.69) is 10.3 Å². The van der Waals surface area contributed by atoms with Gasteiger partial charge in [-0.05, 0) is 48.9 Å². The minimum atomic E-state index is -0.162. The number of para-hydroxylation sites is 1.